The van der Waals surface area contributed by atoms with Gasteiger partial charge in [0.25, 0.3) is 5.91 Å². The summed E-state index contributed by atoms with van der Waals surface area (Å²) >= 11 is 5.83. The minimum Gasteiger partial charge on any atom is -0.495 e. The van der Waals surface area contributed by atoms with Gasteiger partial charge >= 0.3 is 5.97 Å². The molecule has 160 valence electrons. The number of amides is 1. The van der Waals surface area contributed by atoms with Crippen LogP contribution in [0.2, 0.25) is 5.02 Å². The van der Waals surface area contributed by atoms with Crippen molar-refractivity contribution in [1.29, 1.82) is 0 Å². The van der Waals surface area contributed by atoms with Crippen molar-refractivity contribution in [2.24, 2.45) is 0 Å². The number of methoxy groups -OCH3 is 1. The van der Waals surface area contributed by atoms with E-state index in [4.69, 9.17) is 21.1 Å². The quantitative estimate of drug-likeness (QED) is 0.422. The third kappa shape index (κ3) is 6.58. The van der Waals surface area contributed by atoms with Crippen LogP contribution in [-0.2, 0) is 26.1 Å². The van der Waals surface area contributed by atoms with Crippen molar-refractivity contribution < 1.29 is 27.5 Å². The highest BCUT2D eigenvalue weighted by atomic mass is 35.5. The highest BCUT2D eigenvalue weighted by Crippen LogP contribution is 2.25. The first-order chi connectivity index (χ1) is 14.3. The van der Waals surface area contributed by atoms with Crippen LogP contribution in [0.15, 0.2) is 60.0 Å². The molecule has 8 nitrogen and oxygen atoms in total. The lowest BCUT2D eigenvalue weighted by Crippen LogP contribution is -2.29. The Morgan fingerprint density at radius 2 is 1.87 bits per heavy atom. The summed E-state index contributed by atoms with van der Waals surface area (Å²) in [4.78, 5) is 23.5. The number of hydrogen-bond donors (Lipinski definition) is 2. The number of nitrogens with one attached hydrogen (secondary N) is 2. The Morgan fingerprint density at radius 1 is 1.17 bits per heavy atom. The smallest absolute Gasteiger partial charge is 0.338 e. The standard InChI is InChI=1S/C20H21ClN2O6S/c1-3-10-22-19(24)13-29-20(25)15-6-9-17(28-2)18(11-15)30(26,27)23-12-14-4-7-16(21)8-5-14/h3-9,11,23H,1,10,12-13H2,2H3,(H,22,24). The van der Waals surface area contributed by atoms with Crippen molar-refractivity contribution in [3.63, 3.8) is 0 Å². The molecule has 0 heterocycles. The van der Waals surface area contributed by atoms with Crippen LogP contribution in [0.1, 0.15) is 15.9 Å². The molecule has 0 unspecified atom stereocenters. The number of sulfonamides is 1. The number of esters is 1. The SMILES string of the molecule is C=CCNC(=O)COC(=O)c1ccc(OC)c(S(=O)(=O)NCc2ccc(Cl)cc2)c1. The van der Waals surface area contributed by atoms with Gasteiger partial charge in [0.15, 0.2) is 6.61 Å². The van der Waals surface area contributed by atoms with Crippen LogP contribution in [-0.4, -0.2) is 40.6 Å². The Hall–Kier alpha value is -2.88. The normalized spacial score (nSPS) is 10.9. The molecule has 1 amide bonds. The molecule has 30 heavy (non-hydrogen) atoms. The molecular formula is C20H21ClN2O6S. The number of halogens is 1. The summed E-state index contributed by atoms with van der Waals surface area (Å²) in [5.74, 6) is -1.30. The van der Waals surface area contributed by atoms with E-state index in [1.807, 2.05) is 0 Å². The van der Waals surface area contributed by atoms with Crippen molar-refractivity contribution in [3.05, 3.63) is 71.3 Å². The Kier molecular flexibility index (Phi) is 8.40. The fourth-order valence-corrected chi connectivity index (χ4v) is 3.66. The lowest BCUT2D eigenvalue weighted by atomic mass is 10.2. The third-order valence-corrected chi connectivity index (χ3v) is 5.52. The molecule has 0 aromatic heterocycles. The zero-order chi connectivity index (χ0) is 22.1. The van der Waals surface area contributed by atoms with Gasteiger partial charge in [0, 0.05) is 18.1 Å². The number of hydrogen-bond acceptors (Lipinski definition) is 6. The van der Waals surface area contributed by atoms with Gasteiger partial charge in [-0.3, -0.25) is 4.79 Å². The molecule has 0 bridgehead atoms. The second-order valence-corrected chi connectivity index (χ2v) is 8.16. The Bertz CT molecular complexity index is 1020. The van der Waals surface area contributed by atoms with E-state index in [0.29, 0.717) is 10.6 Å². The predicted octanol–water partition coefficient (Wildman–Crippen LogP) is 2.29. The highest BCUT2D eigenvalue weighted by molar-refractivity contribution is 7.89. The lowest BCUT2D eigenvalue weighted by Gasteiger charge is -2.12. The molecule has 0 spiro atoms. The maximum Gasteiger partial charge on any atom is 0.338 e. The average molecular weight is 453 g/mol. The van der Waals surface area contributed by atoms with Gasteiger partial charge in [-0.05, 0) is 35.9 Å². The zero-order valence-corrected chi connectivity index (χ0v) is 17.8. The summed E-state index contributed by atoms with van der Waals surface area (Å²) in [5.41, 5.74) is 0.655. The van der Waals surface area contributed by atoms with Crippen LogP contribution in [0.3, 0.4) is 0 Å². The first-order valence-corrected chi connectivity index (χ1v) is 10.6. The van der Waals surface area contributed by atoms with Crippen LogP contribution >= 0.6 is 11.6 Å². The molecule has 0 radical (unpaired) electrons. The monoisotopic (exact) mass is 452 g/mol. The first-order valence-electron chi connectivity index (χ1n) is 8.73. The van der Waals surface area contributed by atoms with Gasteiger partial charge in [-0.25, -0.2) is 17.9 Å². The van der Waals surface area contributed by atoms with Gasteiger partial charge in [-0.2, -0.15) is 0 Å². The number of carbonyl (C=O) groups excluding carboxylic acids is 2. The number of benzene rings is 2. The van der Waals surface area contributed by atoms with Crippen LogP contribution in [0.25, 0.3) is 0 Å². The van der Waals surface area contributed by atoms with E-state index in [0.717, 1.165) is 6.07 Å². The summed E-state index contributed by atoms with van der Waals surface area (Å²) in [5, 5.41) is 3.00. The molecule has 0 aliphatic carbocycles. The van der Waals surface area contributed by atoms with E-state index < -0.39 is 28.5 Å². The largest absolute Gasteiger partial charge is 0.495 e. The number of carbonyl (C=O) groups is 2. The van der Waals surface area contributed by atoms with E-state index in [-0.39, 0.29) is 29.3 Å². The Labute approximate surface area is 179 Å². The molecule has 10 heteroatoms. The highest BCUT2D eigenvalue weighted by Gasteiger charge is 2.22. The fourth-order valence-electron chi connectivity index (χ4n) is 2.32. The molecule has 0 saturated heterocycles. The summed E-state index contributed by atoms with van der Waals surface area (Å²) in [7, 11) is -2.70. The number of rotatable bonds is 10. The fraction of sp³-hybridized carbons (Fsp3) is 0.200. The second kappa shape index (κ2) is 10.8. The van der Waals surface area contributed by atoms with Crippen molar-refractivity contribution in [2.75, 3.05) is 20.3 Å². The second-order valence-electron chi connectivity index (χ2n) is 5.99. The maximum absolute atomic E-state index is 12.8. The van der Waals surface area contributed by atoms with Gasteiger partial charge in [-0.15, -0.1) is 6.58 Å². The molecule has 0 saturated carbocycles. The molecule has 0 aliphatic heterocycles. The van der Waals surface area contributed by atoms with E-state index in [1.54, 1.807) is 24.3 Å². The summed E-state index contributed by atoms with van der Waals surface area (Å²) < 4.78 is 38.0. The van der Waals surface area contributed by atoms with Gasteiger partial charge in [0.2, 0.25) is 10.0 Å². The predicted molar refractivity (Wildman–Crippen MR) is 112 cm³/mol. The molecule has 0 aliphatic rings. The molecule has 2 aromatic carbocycles. The average Bonchev–Trinajstić information content (AvgIpc) is 2.75. The van der Waals surface area contributed by atoms with Gasteiger partial charge < -0.3 is 14.8 Å². The van der Waals surface area contributed by atoms with Crippen LogP contribution in [0.4, 0.5) is 0 Å². The Morgan fingerprint density at radius 3 is 2.50 bits per heavy atom. The van der Waals surface area contributed by atoms with E-state index in [1.165, 1.54) is 25.3 Å². The summed E-state index contributed by atoms with van der Waals surface area (Å²) in [6, 6.07) is 10.5. The lowest BCUT2D eigenvalue weighted by molar-refractivity contribution is -0.124. The van der Waals surface area contributed by atoms with Crippen LogP contribution in [0.5, 0.6) is 5.75 Å². The molecule has 0 fully saturated rings. The minimum atomic E-state index is -4.02. The van der Waals surface area contributed by atoms with Gasteiger partial charge in [0.05, 0.1) is 12.7 Å². The summed E-state index contributed by atoms with van der Waals surface area (Å²) in [6.45, 7) is 3.21. The third-order valence-electron chi connectivity index (χ3n) is 3.85. The van der Waals surface area contributed by atoms with E-state index >= 15 is 0 Å². The Balaban J connectivity index is 2.15. The van der Waals surface area contributed by atoms with Crippen molar-refractivity contribution >= 4 is 33.5 Å². The van der Waals surface area contributed by atoms with Gasteiger partial charge in [0.1, 0.15) is 10.6 Å². The van der Waals surface area contributed by atoms with E-state index in [9.17, 15) is 18.0 Å². The molecule has 0 atom stereocenters. The van der Waals surface area contributed by atoms with E-state index in [2.05, 4.69) is 16.6 Å². The van der Waals surface area contributed by atoms with Crippen molar-refractivity contribution in [2.45, 2.75) is 11.4 Å². The molecule has 2 N–H and O–H groups in total. The van der Waals surface area contributed by atoms with Crippen molar-refractivity contribution in [3.8, 4) is 5.75 Å². The van der Waals surface area contributed by atoms with Crippen LogP contribution in [0, 0.1) is 0 Å². The zero-order valence-electron chi connectivity index (χ0n) is 16.2. The molecular weight excluding hydrogens is 432 g/mol. The number of ether oxygens (including phenoxy) is 2. The van der Waals surface area contributed by atoms with Crippen molar-refractivity contribution in [1.82, 2.24) is 10.0 Å². The summed E-state index contributed by atoms with van der Waals surface area (Å²) in [6.07, 6.45) is 1.48. The van der Waals surface area contributed by atoms with Gasteiger partial charge in [-0.1, -0.05) is 29.8 Å². The minimum absolute atomic E-state index is 0.0147. The maximum atomic E-state index is 12.8. The molecule has 2 rings (SSSR count). The first kappa shape index (κ1) is 23.4. The topological polar surface area (TPSA) is 111 Å². The molecule has 2 aromatic rings. The van der Waals surface area contributed by atoms with Crippen LogP contribution < -0.4 is 14.8 Å².